The highest BCUT2D eigenvalue weighted by Crippen LogP contribution is 2.29. The van der Waals surface area contributed by atoms with Gasteiger partial charge in [-0.15, -0.1) is 0 Å². The van der Waals surface area contributed by atoms with Gasteiger partial charge in [-0.1, -0.05) is 0 Å². The van der Waals surface area contributed by atoms with Gasteiger partial charge >= 0.3 is 0 Å². The van der Waals surface area contributed by atoms with E-state index in [0.717, 1.165) is 5.56 Å². The van der Waals surface area contributed by atoms with Crippen LogP contribution in [0.4, 0.5) is 0 Å². The average molecular weight is 303 g/mol. The van der Waals surface area contributed by atoms with Crippen molar-refractivity contribution in [3.8, 4) is 17.2 Å². The van der Waals surface area contributed by atoms with Gasteiger partial charge in [0, 0.05) is 18.3 Å². The maximum absolute atomic E-state index is 12.0. The Balaban J connectivity index is 2.34. The SMILES string of the molecule is COc1cc(-n2ccc(C)cc2=O)ccc1OCC(C)(C)O. The van der Waals surface area contributed by atoms with Crippen LogP contribution in [0.3, 0.4) is 0 Å². The second-order valence-electron chi connectivity index (χ2n) is 5.85. The number of aryl methyl sites for hydroxylation is 1. The van der Waals surface area contributed by atoms with Crippen LogP contribution in [0.15, 0.2) is 41.3 Å². The highest BCUT2D eigenvalue weighted by Gasteiger charge is 2.15. The highest BCUT2D eigenvalue weighted by atomic mass is 16.5. The lowest BCUT2D eigenvalue weighted by molar-refractivity contribution is 0.0276. The predicted molar refractivity (Wildman–Crippen MR) is 85.1 cm³/mol. The Morgan fingerprint density at radius 3 is 2.50 bits per heavy atom. The summed E-state index contributed by atoms with van der Waals surface area (Å²) in [6.45, 7) is 5.35. The normalized spacial score (nSPS) is 11.3. The van der Waals surface area contributed by atoms with Crippen LogP contribution in [-0.2, 0) is 0 Å². The summed E-state index contributed by atoms with van der Waals surface area (Å²) in [5.41, 5.74) is 0.570. The fourth-order valence-electron chi connectivity index (χ4n) is 1.97. The number of hydrogen-bond acceptors (Lipinski definition) is 4. The summed E-state index contributed by atoms with van der Waals surface area (Å²) in [5.74, 6) is 1.03. The Hall–Kier alpha value is -2.27. The van der Waals surface area contributed by atoms with E-state index in [0.29, 0.717) is 17.2 Å². The van der Waals surface area contributed by atoms with E-state index in [9.17, 15) is 9.90 Å². The molecule has 0 aliphatic heterocycles. The number of aromatic nitrogens is 1. The van der Waals surface area contributed by atoms with Crippen molar-refractivity contribution in [3.63, 3.8) is 0 Å². The monoisotopic (exact) mass is 303 g/mol. The lowest BCUT2D eigenvalue weighted by Gasteiger charge is -2.19. The van der Waals surface area contributed by atoms with Gasteiger partial charge < -0.3 is 14.6 Å². The summed E-state index contributed by atoms with van der Waals surface area (Å²) in [6, 6.07) is 8.68. The standard InChI is InChI=1S/C17H21NO4/c1-12-7-8-18(16(19)9-12)13-5-6-14(15(10-13)21-4)22-11-17(2,3)20/h5-10,20H,11H2,1-4H3. The van der Waals surface area contributed by atoms with Gasteiger partial charge in [0.05, 0.1) is 18.4 Å². The van der Waals surface area contributed by atoms with Gasteiger partial charge in [0.2, 0.25) is 0 Å². The number of methoxy groups -OCH3 is 1. The quantitative estimate of drug-likeness (QED) is 0.921. The van der Waals surface area contributed by atoms with Crippen LogP contribution in [0.2, 0.25) is 0 Å². The van der Waals surface area contributed by atoms with Crippen molar-refractivity contribution in [1.82, 2.24) is 4.57 Å². The van der Waals surface area contributed by atoms with Gasteiger partial charge in [0.1, 0.15) is 6.61 Å². The third-order valence-electron chi connectivity index (χ3n) is 3.08. The van der Waals surface area contributed by atoms with Crippen LogP contribution in [0.25, 0.3) is 5.69 Å². The zero-order valence-electron chi connectivity index (χ0n) is 13.3. The molecule has 0 aliphatic rings. The minimum atomic E-state index is -0.933. The number of pyridine rings is 1. The molecule has 0 unspecified atom stereocenters. The second kappa shape index (κ2) is 6.23. The molecule has 0 amide bonds. The first-order valence-corrected chi connectivity index (χ1v) is 7.03. The maximum atomic E-state index is 12.0. The van der Waals surface area contributed by atoms with Crippen LogP contribution < -0.4 is 15.0 Å². The number of ether oxygens (including phenoxy) is 2. The summed E-state index contributed by atoms with van der Waals surface area (Å²) in [6.07, 6.45) is 1.73. The van der Waals surface area contributed by atoms with Gasteiger partial charge in [-0.05, 0) is 44.5 Å². The molecule has 1 N–H and O–H groups in total. The fraction of sp³-hybridized carbons (Fsp3) is 0.353. The molecule has 5 heteroatoms. The maximum Gasteiger partial charge on any atom is 0.255 e. The number of aliphatic hydroxyl groups is 1. The molecule has 2 rings (SSSR count). The molecule has 0 atom stereocenters. The molecule has 1 aromatic carbocycles. The topological polar surface area (TPSA) is 60.7 Å². The van der Waals surface area contributed by atoms with Crippen molar-refractivity contribution in [2.24, 2.45) is 0 Å². The lowest BCUT2D eigenvalue weighted by atomic mass is 10.2. The van der Waals surface area contributed by atoms with Gasteiger partial charge in [-0.2, -0.15) is 0 Å². The largest absolute Gasteiger partial charge is 0.493 e. The van der Waals surface area contributed by atoms with E-state index >= 15 is 0 Å². The fourth-order valence-corrected chi connectivity index (χ4v) is 1.97. The van der Waals surface area contributed by atoms with Crippen LogP contribution in [0, 0.1) is 6.92 Å². The Labute approximate surface area is 129 Å². The number of rotatable bonds is 5. The number of benzene rings is 1. The van der Waals surface area contributed by atoms with E-state index in [4.69, 9.17) is 9.47 Å². The highest BCUT2D eigenvalue weighted by molar-refractivity contribution is 5.49. The lowest BCUT2D eigenvalue weighted by Crippen LogP contribution is -2.28. The molecule has 2 aromatic rings. The van der Waals surface area contributed by atoms with Crippen molar-refractivity contribution >= 4 is 0 Å². The van der Waals surface area contributed by atoms with Crippen molar-refractivity contribution < 1.29 is 14.6 Å². The van der Waals surface area contributed by atoms with Gasteiger partial charge in [0.25, 0.3) is 5.56 Å². The van der Waals surface area contributed by atoms with Crippen molar-refractivity contribution in [1.29, 1.82) is 0 Å². The first kappa shape index (κ1) is 16.1. The van der Waals surface area contributed by atoms with Crippen LogP contribution in [0.5, 0.6) is 11.5 Å². The third-order valence-corrected chi connectivity index (χ3v) is 3.08. The Morgan fingerprint density at radius 1 is 1.18 bits per heavy atom. The molecule has 0 saturated heterocycles. The second-order valence-corrected chi connectivity index (χ2v) is 5.85. The summed E-state index contributed by atoms with van der Waals surface area (Å²) in [4.78, 5) is 12.0. The first-order chi connectivity index (χ1) is 10.3. The van der Waals surface area contributed by atoms with E-state index in [1.807, 2.05) is 13.0 Å². The zero-order chi connectivity index (χ0) is 16.3. The third kappa shape index (κ3) is 3.89. The molecule has 0 bridgehead atoms. The molecule has 0 radical (unpaired) electrons. The number of nitrogens with zero attached hydrogens (tertiary/aromatic N) is 1. The van der Waals surface area contributed by atoms with E-state index < -0.39 is 5.60 Å². The van der Waals surface area contributed by atoms with Crippen molar-refractivity contribution in [3.05, 3.63) is 52.4 Å². The summed E-state index contributed by atoms with van der Waals surface area (Å²) in [7, 11) is 1.54. The molecular weight excluding hydrogens is 282 g/mol. The van der Waals surface area contributed by atoms with Crippen LogP contribution in [0.1, 0.15) is 19.4 Å². The number of hydrogen-bond donors (Lipinski definition) is 1. The minimum Gasteiger partial charge on any atom is -0.493 e. The van der Waals surface area contributed by atoms with E-state index in [1.54, 1.807) is 44.3 Å². The average Bonchev–Trinajstić information content (AvgIpc) is 2.44. The molecule has 1 heterocycles. The Bertz CT molecular complexity index is 713. The molecule has 0 fully saturated rings. The van der Waals surface area contributed by atoms with Crippen molar-refractivity contribution in [2.45, 2.75) is 26.4 Å². The molecule has 5 nitrogen and oxygen atoms in total. The minimum absolute atomic E-state index is 0.104. The smallest absolute Gasteiger partial charge is 0.255 e. The molecular formula is C17H21NO4. The van der Waals surface area contributed by atoms with Crippen molar-refractivity contribution in [2.75, 3.05) is 13.7 Å². The molecule has 0 spiro atoms. The Kier molecular flexibility index (Phi) is 4.56. The van der Waals surface area contributed by atoms with Gasteiger partial charge in [0.15, 0.2) is 11.5 Å². The summed E-state index contributed by atoms with van der Waals surface area (Å²) in [5, 5.41) is 9.73. The van der Waals surface area contributed by atoms with E-state index in [1.165, 1.54) is 11.7 Å². The molecule has 0 aliphatic carbocycles. The summed E-state index contributed by atoms with van der Waals surface area (Å²) < 4.78 is 12.4. The van der Waals surface area contributed by atoms with E-state index in [-0.39, 0.29) is 12.2 Å². The van der Waals surface area contributed by atoms with Gasteiger partial charge in [-0.25, -0.2) is 0 Å². The first-order valence-electron chi connectivity index (χ1n) is 7.03. The predicted octanol–water partition coefficient (Wildman–Crippen LogP) is 2.30. The molecule has 0 saturated carbocycles. The Morgan fingerprint density at radius 2 is 1.91 bits per heavy atom. The molecule has 22 heavy (non-hydrogen) atoms. The molecule has 118 valence electrons. The van der Waals surface area contributed by atoms with Crippen LogP contribution in [-0.4, -0.2) is 29.0 Å². The van der Waals surface area contributed by atoms with E-state index in [2.05, 4.69) is 0 Å². The summed E-state index contributed by atoms with van der Waals surface area (Å²) >= 11 is 0. The van der Waals surface area contributed by atoms with Crippen LogP contribution >= 0.6 is 0 Å². The van der Waals surface area contributed by atoms with Gasteiger partial charge in [-0.3, -0.25) is 9.36 Å². The zero-order valence-corrected chi connectivity index (χ0v) is 13.3. The molecule has 1 aromatic heterocycles.